The first-order valence-corrected chi connectivity index (χ1v) is 11.5. The second-order valence-electron chi connectivity index (χ2n) is 7.01. The molecule has 3 N–H and O–H groups in total. The Morgan fingerprint density at radius 3 is 2.71 bits per heavy atom. The Labute approximate surface area is 189 Å². The number of amides is 2. The Kier molecular flexibility index (Phi) is 8.02. The van der Waals surface area contributed by atoms with Gasteiger partial charge in [0.25, 0.3) is 0 Å². The fraction of sp³-hybridized carbons (Fsp3) is 0.273. The summed E-state index contributed by atoms with van der Waals surface area (Å²) in [6, 6.07) is 13.6. The molecular weight excluding hydrogens is 432 g/mol. The predicted octanol–water partition coefficient (Wildman–Crippen LogP) is 3.62. The first-order valence-electron chi connectivity index (χ1n) is 9.72. The van der Waals surface area contributed by atoms with Crippen LogP contribution in [0.5, 0.6) is 5.75 Å². The third-order valence-corrected chi connectivity index (χ3v) is 5.87. The van der Waals surface area contributed by atoms with Crippen molar-refractivity contribution < 1.29 is 14.3 Å². The van der Waals surface area contributed by atoms with Crippen LogP contribution >= 0.6 is 23.1 Å². The van der Waals surface area contributed by atoms with Gasteiger partial charge in [0.2, 0.25) is 11.8 Å². The van der Waals surface area contributed by atoms with Gasteiger partial charge in [-0.05, 0) is 19.4 Å². The number of thioether (sulfide) groups is 1. The van der Waals surface area contributed by atoms with Gasteiger partial charge >= 0.3 is 0 Å². The van der Waals surface area contributed by atoms with Gasteiger partial charge < -0.3 is 15.8 Å². The molecule has 0 aliphatic heterocycles. The Hall–Kier alpha value is -2.91. The molecule has 3 rings (SSSR count). The van der Waals surface area contributed by atoms with Crippen LogP contribution < -0.4 is 15.8 Å². The summed E-state index contributed by atoms with van der Waals surface area (Å²) in [5.41, 5.74) is 6.98. The van der Waals surface area contributed by atoms with Crippen molar-refractivity contribution in [2.45, 2.75) is 37.8 Å². The molecule has 9 heteroatoms. The monoisotopic (exact) mass is 456 g/mol. The Balaban J connectivity index is 1.71. The second kappa shape index (κ2) is 10.9. The fourth-order valence-corrected chi connectivity index (χ4v) is 4.22. The van der Waals surface area contributed by atoms with Gasteiger partial charge in [-0.1, -0.05) is 42.1 Å². The molecule has 7 nitrogen and oxygen atoms in total. The minimum atomic E-state index is -0.436. The van der Waals surface area contributed by atoms with Crippen LogP contribution in [0.15, 0.2) is 53.7 Å². The van der Waals surface area contributed by atoms with E-state index in [1.54, 1.807) is 18.3 Å². The maximum Gasteiger partial charge on any atom is 0.232 e. The number of carbonyl (C=O) groups is 2. The van der Waals surface area contributed by atoms with Crippen LogP contribution in [0, 0.1) is 6.92 Å². The van der Waals surface area contributed by atoms with Crippen molar-refractivity contribution in [1.29, 1.82) is 0 Å². The smallest absolute Gasteiger partial charge is 0.232 e. The van der Waals surface area contributed by atoms with Gasteiger partial charge in [-0.15, -0.1) is 11.3 Å². The summed E-state index contributed by atoms with van der Waals surface area (Å²) in [6.07, 6.45) is 2.43. The number of aromatic nitrogens is 2. The van der Waals surface area contributed by atoms with Crippen molar-refractivity contribution >= 4 is 40.0 Å². The molecule has 2 heterocycles. The summed E-state index contributed by atoms with van der Waals surface area (Å²) in [7, 11) is 0. The lowest BCUT2D eigenvalue weighted by molar-refractivity contribution is -0.116. The van der Waals surface area contributed by atoms with E-state index in [-0.39, 0.29) is 24.2 Å². The number of primary amides is 1. The van der Waals surface area contributed by atoms with E-state index in [4.69, 9.17) is 10.5 Å². The van der Waals surface area contributed by atoms with E-state index >= 15 is 0 Å². The maximum absolute atomic E-state index is 12.4. The maximum atomic E-state index is 12.4. The van der Waals surface area contributed by atoms with Crippen molar-refractivity contribution in [3.63, 3.8) is 0 Å². The number of hydrogen-bond acceptors (Lipinski definition) is 7. The van der Waals surface area contributed by atoms with Gasteiger partial charge in [0, 0.05) is 29.6 Å². The lowest BCUT2D eigenvalue weighted by Gasteiger charge is -2.16. The number of ether oxygens (including phenoxy) is 1. The van der Waals surface area contributed by atoms with Crippen LogP contribution in [0.25, 0.3) is 0 Å². The molecule has 0 fully saturated rings. The van der Waals surface area contributed by atoms with Crippen molar-refractivity contribution in [1.82, 2.24) is 9.97 Å². The minimum Gasteiger partial charge on any atom is -0.490 e. The molecule has 31 heavy (non-hydrogen) atoms. The van der Waals surface area contributed by atoms with E-state index in [1.165, 1.54) is 28.7 Å². The highest BCUT2D eigenvalue weighted by Crippen LogP contribution is 2.24. The van der Waals surface area contributed by atoms with Gasteiger partial charge in [0.1, 0.15) is 10.8 Å². The summed E-state index contributed by atoms with van der Waals surface area (Å²) < 4.78 is 6.10. The number of nitrogens with one attached hydrogen (secondary N) is 1. The number of anilines is 1. The SMILES string of the molecule is Cc1cnc(NC(=O)Cc2cc(O[C@@H](C)Cc3ccccc3)cc(SCC(N)=O)n2)s1. The van der Waals surface area contributed by atoms with Crippen molar-refractivity contribution in [2.24, 2.45) is 5.73 Å². The first-order chi connectivity index (χ1) is 14.9. The average molecular weight is 457 g/mol. The highest BCUT2D eigenvalue weighted by atomic mass is 32.2. The zero-order chi connectivity index (χ0) is 22.2. The molecule has 0 aliphatic carbocycles. The van der Waals surface area contributed by atoms with Crippen LogP contribution in [-0.4, -0.2) is 33.6 Å². The van der Waals surface area contributed by atoms with E-state index in [9.17, 15) is 9.59 Å². The third kappa shape index (κ3) is 7.69. The number of hydrogen-bond donors (Lipinski definition) is 2. The highest BCUT2D eigenvalue weighted by Gasteiger charge is 2.13. The Morgan fingerprint density at radius 1 is 1.26 bits per heavy atom. The molecule has 0 spiro atoms. The van der Waals surface area contributed by atoms with Gasteiger partial charge in [-0.2, -0.15) is 0 Å². The van der Waals surface area contributed by atoms with E-state index < -0.39 is 5.91 Å². The van der Waals surface area contributed by atoms with Gasteiger partial charge in [-0.25, -0.2) is 9.97 Å². The van der Waals surface area contributed by atoms with E-state index in [0.717, 1.165) is 11.3 Å². The number of thiazole rings is 1. The number of nitrogens with zero attached hydrogens (tertiary/aromatic N) is 2. The topological polar surface area (TPSA) is 107 Å². The van der Waals surface area contributed by atoms with Crippen molar-refractivity contribution in [3.05, 3.63) is 64.8 Å². The number of nitrogens with two attached hydrogens (primary N) is 1. The summed E-state index contributed by atoms with van der Waals surface area (Å²) in [6.45, 7) is 3.91. The van der Waals surface area contributed by atoms with Crippen molar-refractivity contribution in [2.75, 3.05) is 11.1 Å². The number of aryl methyl sites for hydroxylation is 1. The highest BCUT2D eigenvalue weighted by molar-refractivity contribution is 7.99. The second-order valence-corrected chi connectivity index (χ2v) is 9.24. The third-order valence-electron chi connectivity index (χ3n) is 4.10. The van der Waals surface area contributed by atoms with E-state index in [1.807, 2.05) is 32.0 Å². The van der Waals surface area contributed by atoms with Crippen LogP contribution in [0.3, 0.4) is 0 Å². The number of benzene rings is 1. The molecule has 0 bridgehead atoms. The fourth-order valence-electron chi connectivity index (χ4n) is 2.87. The van der Waals surface area contributed by atoms with Crippen LogP contribution in [0.4, 0.5) is 5.13 Å². The zero-order valence-electron chi connectivity index (χ0n) is 17.3. The first kappa shape index (κ1) is 22.8. The summed E-state index contributed by atoms with van der Waals surface area (Å²) in [5.74, 6) is 0.0366. The minimum absolute atomic E-state index is 0.0625. The van der Waals surface area contributed by atoms with E-state index in [2.05, 4.69) is 27.4 Å². The summed E-state index contributed by atoms with van der Waals surface area (Å²) >= 11 is 2.62. The van der Waals surface area contributed by atoms with Gasteiger partial charge in [0.15, 0.2) is 5.13 Å². The normalized spacial score (nSPS) is 11.7. The standard InChI is InChI=1S/C22H24N4O3S2/c1-14(8-16-6-4-3-5-7-16)29-18-9-17(25-21(11-18)30-13-19(23)27)10-20(28)26-22-24-12-15(2)31-22/h3-7,9,11-12,14H,8,10,13H2,1-2H3,(H2,23,27)(H,24,26,28)/t14-/m0/s1. The summed E-state index contributed by atoms with van der Waals surface area (Å²) in [4.78, 5) is 33.3. The Morgan fingerprint density at radius 2 is 2.03 bits per heavy atom. The lowest BCUT2D eigenvalue weighted by Crippen LogP contribution is -2.17. The number of carbonyl (C=O) groups excluding carboxylic acids is 2. The Bertz CT molecular complexity index is 1040. The number of pyridine rings is 1. The lowest BCUT2D eigenvalue weighted by atomic mass is 10.1. The molecule has 0 radical (unpaired) electrons. The van der Waals surface area contributed by atoms with E-state index in [0.29, 0.717) is 21.6 Å². The molecule has 0 aliphatic rings. The van der Waals surface area contributed by atoms with Crippen molar-refractivity contribution in [3.8, 4) is 5.75 Å². The molecule has 0 unspecified atom stereocenters. The van der Waals surface area contributed by atoms with Crippen LogP contribution in [0.2, 0.25) is 0 Å². The molecule has 0 saturated heterocycles. The molecular formula is C22H24N4O3S2. The van der Waals surface area contributed by atoms with Crippen LogP contribution in [0.1, 0.15) is 23.1 Å². The van der Waals surface area contributed by atoms with Crippen LogP contribution in [-0.2, 0) is 22.4 Å². The molecule has 1 aromatic carbocycles. The summed E-state index contributed by atoms with van der Waals surface area (Å²) in [5, 5.41) is 3.91. The molecule has 2 aromatic heterocycles. The zero-order valence-corrected chi connectivity index (χ0v) is 19.0. The van der Waals surface area contributed by atoms with Gasteiger partial charge in [-0.3, -0.25) is 9.59 Å². The largest absolute Gasteiger partial charge is 0.490 e. The molecule has 0 saturated carbocycles. The number of rotatable bonds is 10. The molecule has 2 amide bonds. The molecule has 162 valence electrons. The quantitative estimate of drug-likeness (QED) is 0.451. The van der Waals surface area contributed by atoms with Gasteiger partial charge in [0.05, 0.1) is 24.0 Å². The molecule has 1 atom stereocenters. The predicted molar refractivity (Wildman–Crippen MR) is 124 cm³/mol. The average Bonchev–Trinajstić information content (AvgIpc) is 3.11. The molecule has 3 aromatic rings.